The highest BCUT2D eigenvalue weighted by Gasteiger charge is 2.24. The second-order valence-electron chi connectivity index (χ2n) is 4.98. The molecular formula is C15H15ClN4O2. The van der Waals surface area contributed by atoms with E-state index in [0.29, 0.717) is 10.6 Å². The van der Waals surface area contributed by atoms with Crippen molar-refractivity contribution in [2.75, 3.05) is 22.6 Å². The van der Waals surface area contributed by atoms with Gasteiger partial charge in [-0.25, -0.2) is 5.48 Å². The third-order valence-electron chi connectivity index (χ3n) is 3.59. The van der Waals surface area contributed by atoms with Gasteiger partial charge in [0.05, 0.1) is 11.4 Å². The summed E-state index contributed by atoms with van der Waals surface area (Å²) >= 11 is 5.90. The van der Waals surface area contributed by atoms with Crippen molar-refractivity contribution >= 4 is 34.6 Å². The van der Waals surface area contributed by atoms with Gasteiger partial charge in [0, 0.05) is 23.3 Å². The number of anilines is 3. The summed E-state index contributed by atoms with van der Waals surface area (Å²) < 4.78 is 0. The lowest BCUT2D eigenvalue weighted by atomic mass is 10.1. The van der Waals surface area contributed by atoms with Crippen LogP contribution in [0.1, 0.15) is 10.4 Å². The van der Waals surface area contributed by atoms with E-state index in [2.05, 4.69) is 10.6 Å². The number of amides is 1. The van der Waals surface area contributed by atoms with Crippen molar-refractivity contribution in [3.63, 3.8) is 0 Å². The summed E-state index contributed by atoms with van der Waals surface area (Å²) in [5.41, 5.74) is 4.69. The average molecular weight is 319 g/mol. The van der Waals surface area contributed by atoms with Gasteiger partial charge in [-0.15, -0.1) is 0 Å². The molecule has 22 heavy (non-hydrogen) atoms. The van der Waals surface area contributed by atoms with Crippen molar-refractivity contribution in [3.05, 3.63) is 53.1 Å². The predicted octanol–water partition coefficient (Wildman–Crippen LogP) is 2.72. The molecule has 0 radical (unpaired) electrons. The van der Waals surface area contributed by atoms with Crippen LogP contribution in [0, 0.1) is 0 Å². The number of carbonyl (C=O) groups is 1. The highest BCUT2D eigenvalue weighted by molar-refractivity contribution is 6.30. The van der Waals surface area contributed by atoms with Gasteiger partial charge in [0.15, 0.2) is 6.29 Å². The highest BCUT2D eigenvalue weighted by atomic mass is 35.5. The molecule has 2 aromatic carbocycles. The number of nitrogens with zero attached hydrogens (tertiary/aromatic N) is 1. The van der Waals surface area contributed by atoms with Gasteiger partial charge in [0.25, 0.3) is 5.91 Å². The minimum absolute atomic E-state index is 0.149. The van der Waals surface area contributed by atoms with Crippen molar-refractivity contribution in [1.29, 1.82) is 0 Å². The number of hydrogen-bond acceptors (Lipinski definition) is 5. The van der Waals surface area contributed by atoms with E-state index in [9.17, 15) is 4.79 Å². The number of fused-ring (bicyclic) bond motifs is 1. The Labute approximate surface area is 132 Å². The number of carbonyl (C=O) groups excluding carboxylic acids is 1. The minimum Gasteiger partial charge on any atom is -0.347 e. The molecule has 2 aromatic rings. The minimum atomic E-state index is -0.542. The van der Waals surface area contributed by atoms with E-state index in [-0.39, 0.29) is 6.29 Å². The van der Waals surface area contributed by atoms with Crippen LogP contribution in [-0.4, -0.2) is 24.5 Å². The van der Waals surface area contributed by atoms with Gasteiger partial charge in [-0.2, -0.15) is 0 Å². The van der Waals surface area contributed by atoms with Crippen molar-refractivity contribution in [2.45, 2.75) is 6.29 Å². The molecule has 1 unspecified atom stereocenters. The number of benzene rings is 2. The van der Waals surface area contributed by atoms with Crippen LogP contribution in [0.3, 0.4) is 0 Å². The van der Waals surface area contributed by atoms with Crippen LogP contribution in [0.25, 0.3) is 0 Å². The Morgan fingerprint density at radius 2 is 1.86 bits per heavy atom. The maximum Gasteiger partial charge on any atom is 0.274 e. The molecule has 4 N–H and O–H groups in total. The van der Waals surface area contributed by atoms with Crippen molar-refractivity contribution in [3.8, 4) is 0 Å². The van der Waals surface area contributed by atoms with Crippen LogP contribution >= 0.6 is 11.6 Å². The molecule has 1 heterocycles. The van der Waals surface area contributed by atoms with E-state index in [1.54, 1.807) is 23.7 Å². The van der Waals surface area contributed by atoms with E-state index in [0.717, 1.165) is 17.1 Å². The largest absolute Gasteiger partial charge is 0.347 e. The SMILES string of the molecule is CN(c1ccc(Cl)cc1)C1Nc2ccc(C(=O)NO)cc2N1. The van der Waals surface area contributed by atoms with Crippen LogP contribution < -0.4 is 21.0 Å². The van der Waals surface area contributed by atoms with Gasteiger partial charge < -0.3 is 15.5 Å². The molecule has 7 heteroatoms. The Morgan fingerprint density at radius 3 is 2.55 bits per heavy atom. The Bertz CT molecular complexity index is 705. The maximum absolute atomic E-state index is 11.4. The third kappa shape index (κ3) is 2.66. The van der Waals surface area contributed by atoms with Gasteiger partial charge in [-0.1, -0.05) is 11.6 Å². The fourth-order valence-corrected chi connectivity index (χ4v) is 2.47. The number of hydrogen-bond donors (Lipinski definition) is 4. The molecule has 0 aliphatic carbocycles. The zero-order valence-corrected chi connectivity index (χ0v) is 12.6. The molecule has 1 atom stereocenters. The van der Waals surface area contributed by atoms with Crippen molar-refractivity contribution in [1.82, 2.24) is 5.48 Å². The molecule has 114 valence electrons. The molecule has 3 rings (SSSR count). The lowest BCUT2D eigenvalue weighted by molar-refractivity contribution is 0.0706. The first-order valence-electron chi connectivity index (χ1n) is 6.68. The van der Waals surface area contributed by atoms with Gasteiger partial charge >= 0.3 is 0 Å². The lowest BCUT2D eigenvalue weighted by Gasteiger charge is -2.27. The quantitative estimate of drug-likeness (QED) is 0.517. The summed E-state index contributed by atoms with van der Waals surface area (Å²) in [6.45, 7) is 0. The van der Waals surface area contributed by atoms with E-state index in [1.165, 1.54) is 0 Å². The zero-order valence-electron chi connectivity index (χ0n) is 11.8. The van der Waals surface area contributed by atoms with Gasteiger partial charge in [-0.3, -0.25) is 10.0 Å². The Balaban J connectivity index is 1.79. The lowest BCUT2D eigenvalue weighted by Crippen LogP contribution is -2.40. The first-order chi connectivity index (χ1) is 10.6. The van der Waals surface area contributed by atoms with Crippen LogP contribution in [0.4, 0.5) is 17.1 Å². The van der Waals surface area contributed by atoms with Crippen LogP contribution in [0.15, 0.2) is 42.5 Å². The summed E-state index contributed by atoms with van der Waals surface area (Å²) in [5, 5.41) is 16.0. The monoisotopic (exact) mass is 318 g/mol. The summed E-state index contributed by atoms with van der Waals surface area (Å²) in [6, 6.07) is 12.6. The fourth-order valence-electron chi connectivity index (χ4n) is 2.34. The fraction of sp³-hybridized carbons (Fsp3) is 0.133. The Morgan fingerprint density at radius 1 is 1.18 bits per heavy atom. The molecule has 0 saturated carbocycles. The Kier molecular flexibility index (Phi) is 3.79. The molecule has 0 fully saturated rings. The van der Waals surface area contributed by atoms with E-state index >= 15 is 0 Å². The molecule has 1 aliphatic rings. The number of nitrogens with one attached hydrogen (secondary N) is 3. The van der Waals surface area contributed by atoms with Crippen LogP contribution in [-0.2, 0) is 0 Å². The highest BCUT2D eigenvalue weighted by Crippen LogP contribution is 2.32. The summed E-state index contributed by atoms with van der Waals surface area (Å²) in [7, 11) is 1.95. The van der Waals surface area contributed by atoms with Gasteiger partial charge in [-0.05, 0) is 42.5 Å². The van der Waals surface area contributed by atoms with E-state index in [4.69, 9.17) is 16.8 Å². The van der Waals surface area contributed by atoms with Gasteiger partial charge in [0.2, 0.25) is 0 Å². The average Bonchev–Trinajstić information content (AvgIpc) is 2.97. The summed E-state index contributed by atoms with van der Waals surface area (Å²) in [4.78, 5) is 13.5. The van der Waals surface area contributed by atoms with E-state index < -0.39 is 5.91 Å². The molecule has 0 bridgehead atoms. The summed E-state index contributed by atoms with van der Waals surface area (Å²) in [6.07, 6.45) is -0.149. The maximum atomic E-state index is 11.4. The van der Waals surface area contributed by atoms with Crippen LogP contribution in [0.2, 0.25) is 5.02 Å². The number of halogens is 1. The normalized spacial score (nSPS) is 15.5. The second-order valence-corrected chi connectivity index (χ2v) is 5.42. The molecular weight excluding hydrogens is 304 g/mol. The molecule has 1 amide bonds. The second kappa shape index (κ2) is 5.75. The van der Waals surface area contributed by atoms with Gasteiger partial charge in [0.1, 0.15) is 0 Å². The van der Waals surface area contributed by atoms with Crippen molar-refractivity contribution < 1.29 is 10.0 Å². The molecule has 6 nitrogen and oxygen atoms in total. The Hall–Kier alpha value is -2.44. The van der Waals surface area contributed by atoms with Crippen molar-refractivity contribution in [2.24, 2.45) is 0 Å². The molecule has 0 saturated heterocycles. The number of rotatable bonds is 3. The zero-order chi connectivity index (χ0) is 15.7. The molecule has 0 aromatic heterocycles. The predicted molar refractivity (Wildman–Crippen MR) is 86.6 cm³/mol. The topological polar surface area (TPSA) is 76.6 Å². The standard InChI is InChI=1S/C15H15ClN4O2/c1-20(11-5-3-10(16)4-6-11)15-17-12-7-2-9(14(21)19-22)8-13(12)18-15/h2-8,15,17-18,22H,1H3,(H,19,21). The smallest absolute Gasteiger partial charge is 0.274 e. The first kappa shape index (κ1) is 14.5. The third-order valence-corrected chi connectivity index (χ3v) is 3.84. The molecule has 1 aliphatic heterocycles. The first-order valence-corrected chi connectivity index (χ1v) is 7.06. The number of hydroxylamine groups is 1. The summed E-state index contributed by atoms with van der Waals surface area (Å²) in [5.74, 6) is -0.542. The molecule has 0 spiro atoms. The van der Waals surface area contributed by atoms with Crippen LogP contribution in [0.5, 0.6) is 0 Å². The van der Waals surface area contributed by atoms with E-state index in [1.807, 2.05) is 36.2 Å².